The Kier molecular flexibility index (Phi) is 5.16. The average molecular weight is 364 g/mol. The van der Waals surface area contributed by atoms with Crippen LogP contribution in [0, 0.1) is 5.92 Å². The van der Waals surface area contributed by atoms with Crippen LogP contribution in [0.25, 0.3) is 11.2 Å². The molecule has 1 N–H and O–H groups in total. The van der Waals surface area contributed by atoms with Gasteiger partial charge in [-0.2, -0.15) is 0 Å². The zero-order chi connectivity index (χ0) is 18.6. The molecule has 1 fully saturated rings. The smallest absolute Gasteiger partial charge is 0.255 e. The molecule has 3 heterocycles. The van der Waals surface area contributed by atoms with Crippen molar-refractivity contribution in [3.05, 3.63) is 60.0 Å². The lowest BCUT2D eigenvalue weighted by atomic mass is 9.98. The summed E-state index contributed by atoms with van der Waals surface area (Å²) in [5, 5.41) is 9.38. The van der Waals surface area contributed by atoms with E-state index in [0.717, 1.165) is 43.5 Å². The summed E-state index contributed by atoms with van der Waals surface area (Å²) in [7, 11) is 0. The van der Waals surface area contributed by atoms with Crippen molar-refractivity contribution in [1.82, 2.24) is 19.4 Å². The van der Waals surface area contributed by atoms with Crippen molar-refractivity contribution < 1.29 is 9.90 Å². The fraction of sp³-hybridized carbons (Fsp3) is 0.381. The van der Waals surface area contributed by atoms with Gasteiger partial charge in [0.05, 0.1) is 11.9 Å². The quantitative estimate of drug-likeness (QED) is 0.755. The Hall–Kier alpha value is -2.73. The zero-order valence-electron chi connectivity index (χ0n) is 15.3. The molecular formula is C21H24N4O2. The summed E-state index contributed by atoms with van der Waals surface area (Å²) in [6, 6.07) is 12.1. The number of amides is 1. The number of benzene rings is 1. The number of fused-ring (bicyclic) bond motifs is 1. The summed E-state index contributed by atoms with van der Waals surface area (Å²) in [4.78, 5) is 23.6. The minimum Gasteiger partial charge on any atom is -0.396 e. The van der Waals surface area contributed by atoms with Crippen molar-refractivity contribution in [2.75, 3.05) is 19.7 Å². The van der Waals surface area contributed by atoms with Crippen LogP contribution in [-0.2, 0) is 13.0 Å². The Morgan fingerprint density at radius 2 is 2.07 bits per heavy atom. The second-order valence-electron chi connectivity index (χ2n) is 7.18. The molecule has 140 valence electrons. The van der Waals surface area contributed by atoms with Crippen molar-refractivity contribution in [2.45, 2.75) is 25.8 Å². The Morgan fingerprint density at radius 3 is 2.89 bits per heavy atom. The summed E-state index contributed by atoms with van der Waals surface area (Å²) in [6.07, 6.45) is 6.25. The van der Waals surface area contributed by atoms with Gasteiger partial charge < -0.3 is 14.6 Å². The molecule has 0 aliphatic carbocycles. The molecule has 1 atom stereocenters. The van der Waals surface area contributed by atoms with Crippen LogP contribution in [0.1, 0.15) is 28.8 Å². The highest BCUT2D eigenvalue weighted by Gasteiger charge is 2.24. The molecule has 1 aliphatic heterocycles. The third-order valence-electron chi connectivity index (χ3n) is 5.25. The van der Waals surface area contributed by atoms with Crippen LogP contribution >= 0.6 is 0 Å². The number of aliphatic hydroxyl groups is 1. The van der Waals surface area contributed by atoms with E-state index in [1.807, 2.05) is 33.7 Å². The standard InChI is InChI=1S/C21H24N4O2/c26-14-17-7-4-9-24(13-17)21(27)18-11-19-20(22-12-18)25(15-23-19)10-8-16-5-2-1-3-6-16/h1-3,5-6,11-12,15,17,26H,4,7-10,13-14H2. The van der Waals surface area contributed by atoms with E-state index in [0.29, 0.717) is 12.1 Å². The number of aryl methyl sites for hydroxylation is 2. The number of rotatable bonds is 5. The lowest BCUT2D eigenvalue weighted by molar-refractivity contribution is 0.0620. The maximum absolute atomic E-state index is 12.8. The summed E-state index contributed by atoms with van der Waals surface area (Å²) >= 11 is 0. The molecule has 6 nitrogen and oxygen atoms in total. The van der Waals surface area contributed by atoms with Gasteiger partial charge in [-0.3, -0.25) is 4.79 Å². The number of imidazole rings is 1. The molecule has 2 aromatic heterocycles. The fourth-order valence-electron chi connectivity index (χ4n) is 3.70. The van der Waals surface area contributed by atoms with Crippen molar-refractivity contribution in [3.63, 3.8) is 0 Å². The Balaban J connectivity index is 1.49. The first-order chi connectivity index (χ1) is 13.2. The van der Waals surface area contributed by atoms with Crippen molar-refractivity contribution in [1.29, 1.82) is 0 Å². The molecule has 1 saturated heterocycles. The van der Waals surface area contributed by atoms with E-state index in [2.05, 4.69) is 22.1 Å². The van der Waals surface area contributed by atoms with Crippen molar-refractivity contribution in [3.8, 4) is 0 Å². The third kappa shape index (κ3) is 3.85. The van der Waals surface area contributed by atoms with E-state index in [1.54, 1.807) is 12.5 Å². The Labute approximate surface area is 158 Å². The van der Waals surface area contributed by atoms with Gasteiger partial charge in [0.25, 0.3) is 5.91 Å². The van der Waals surface area contributed by atoms with E-state index in [9.17, 15) is 9.90 Å². The monoisotopic (exact) mass is 364 g/mol. The average Bonchev–Trinajstić information content (AvgIpc) is 3.14. The van der Waals surface area contributed by atoms with E-state index in [1.165, 1.54) is 5.56 Å². The lowest BCUT2D eigenvalue weighted by Crippen LogP contribution is -2.41. The second-order valence-corrected chi connectivity index (χ2v) is 7.18. The molecule has 1 unspecified atom stereocenters. The van der Waals surface area contributed by atoms with Gasteiger partial charge in [-0.25, -0.2) is 9.97 Å². The van der Waals surface area contributed by atoms with Crippen LogP contribution in [0.15, 0.2) is 48.9 Å². The number of likely N-dealkylation sites (tertiary alicyclic amines) is 1. The maximum Gasteiger partial charge on any atom is 0.255 e. The normalized spacial score (nSPS) is 17.4. The zero-order valence-corrected chi connectivity index (χ0v) is 15.3. The number of aliphatic hydroxyl groups excluding tert-OH is 1. The molecular weight excluding hydrogens is 340 g/mol. The van der Waals surface area contributed by atoms with Crippen molar-refractivity contribution >= 4 is 17.1 Å². The van der Waals surface area contributed by atoms with Crippen LogP contribution in [0.5, 0.6) is 0 Å². The second kappa shape index (κ2) is 7.88. The van der Waals surface area contributed by atoms with E-state index < -0.39 is 0 Å². The van der Waals surface area contributed by atoms with Gasteiger partial charge in [0.1, 0.15) is 5.52 Å². The number of hydrogen-bond donors (Lipinski definition) is 1. The van der Waals surface area contributed by atoms with Gasteiger partial charge in [-0.15, -0.1) is 0 Å². The predicted octanol–water partition coefficient (Wildman–Crippen LogP) is 2.52. The van der Waals surface area contributed by atoms with Gasteiger partial charge in [-0.1, -0.05) is 30.3 Å². The molecule has 6 heteroatoms. The first-order valence-corrected chi connectivity index (χ1v) is 9.49. The number of nitrogens with zero attached hydrogens (tertiary/aromatic N) is 4. The highest BCUT2D eigenvalue weighted by molar-refractivity contribution is 5.96. The largest absolute Gasteiger partial charge is 0.396 e. The molecule has 0 spiro atoms. The molecule has 0 radical (unpaired) electrons. The van der Waals surface area contributed by atoms with Crippen LogP contribution < -0.4 is 0 Å². The fourth-order valence-corrected chi connectivity index (χ4v) is 3.70. The summed E-state index contributed by atoms with van der Waals surface area (Å²) < 4.78 is 2.03. The SMILES string of the molecule is O=C(c1cnc2c(c1)ncn2CCc1ccccc1)N1CCCC(CO)C1. The Morgan fingerprint density at radius 1 is 1.22 bits per heavy atom. The number of carbonyl (C=O) groups excluding carboxylic acids is 1. The highest BCUT2D eigenvalue weighted by atomic mass is 16.3. The minimum atomic E-state index is -0.0265. The van der Waals surface area contributed by atoms with Crippen LogP contribution in [0.3, 0.4) is 0 Å². The first-order valence-electron chi connectivity index (χ1n) is 9.49. The lowest BCUT2D eigenvalue weighted by Gasteiger charge is -2.31. The van der Waals surface area contributed by atoms with Crippen LogP contribution in [0.4, 0.5) is 0 Å². The number of hydrogen-bond acceptors (Lipinski definition) is 4. The summed E-state index contributed by atoms with van der Waals surface area (Å²) in [6.45, 7) is 2.27. The molecule has 0 saturated carbocycles. The Bertz CT molecular complexity index is 922. The van der Waals surface area contributed by atoms with E-state index in [4.69, 9.17) is 0 Å². The van der Waals surface area contributed by atoms with Crippen molar-refractivity contribution in [2.24, 2.45) is 5.92 Å². The summed E-state index contributed by atoms with van der Waals surface area (Å²) in [5.41, 5.74) is 3.38. The minimum absolute atomic E-state index is 0.0265. The summed E-state index contributed by atoms with van der Waals surface area (Å²) in [5.74, 6) is 0.151. The molecule has 4 rings (SSSR count). The van der Waals surface area contributed by atoms with Gasteiger partial charge in [0.15, 0.2) is 5.65 Å². The van der Waals surface area contributed by atoms with Gasteiger partial charge in [0, 0.05) is 32.4 Å². The van der Waals surface area contributed by atoms with E-state index in [-0.39, 0.29) is 18.4 Å². The predicted molar refractivity (Wildman–Crippen MR) is 103 cm³/mol. The molecule has 1 amide bonds. The molecule has 3 aromatic rings. The molecule has 27 heavy (non-hydrogen) atoms. The van der Waals surface area contributed by atoms with Gasteiger partial charge in [0.2, 0.25) is 0 Å². The maximum atomic E-state index is 12.8. The van der Waals surface area contributed by atoms with Gasteiger partial charge in [-0.05, 0) is 36.8 Å². The number of pyridine rings is 1. The highest BCUT2D eigenvalue weighted by Crippen LogP contribution is 2.20. The third-order valence-corrected chi connectivity index (χ3v) is 5.25. The van der Waals surface area contributed by atoms with Gasteiger partial charge >= 0.3 is 0 Å². The molecule has 0 bridgehead atoms. The molecule has 1 aliphatic rings. The first kappa shape index (κ1) is 17.7. The van der Waals surface area contributed by atoms with E-state index >= 15 is 0 Å². The van der Waals surface area contributed by atoms with Crippen LogP contribution in [-0.4, -0.2) is 50.1 Å². The number of carbonyl (C=O) groups is 1. The number of aromatic nitrogens is 3. The topological polar surface area (TPSA) is 71.2 Å². The number of piperidine rings is 1. The molecule has 1 aromatic carbocycles. The van der Waals surface area contributed by atoms with Crippen LogP contribution in [0.2, 0.25) is 0 Å².